The summed E-state index contributed by atoms with van der Waals surface area (Å²) in [4.78, 5) is 28.6. The van der Waals surface area contributed by atoms with Gasteiger partial charge in [-0.1, -0.05) is 43.4 Å². The Bertz CT molecular complexity index is 947. The van der Waals surface area contributed by atoms with E-state index in [4.69, 9.17) is 10.5 Å². The maximum absolute atomic E-state index is 12.6. The average Bonchev–Trinajstić information content (AvgIpc) is 3.07. The Morgan fingerprint density at radius 1 is 1.18 bits per heavy atom. The Morgan fingerprint density at radius 3 is 2.50 bits per heavy atom. The Hall–Kier alpha value is -3.13. The van der Waals surface area contributed by atoms with E-state index in [0.29, 0.717) is 21.6 Å². The van der Waals surface area contributed by atoms with Gasteiger partial charge in [0, 0.05) is 11.3 Å². The molecule has 0 fully saturated rings. The maximum atomic E-state index is 12.6. The molecule has 0 saturated heterocycles. The lowest BCUT2D eigenvalue weighted by Gasteiger charge is -2.18. The summed E-state index contributed by atoms with van der Waals surface area (Å²) in [5, 5.41) is 6.62. The zero-order valence-corrected chi connectivity index (χ0v) is 16.7. The first kappa shape index (κ1) is 19.6. The first-order chi connectivity index (χ1) is 13.4. The van der Waals surface area contributed by atoms with Gasteiger partial charge in [-0.3, -0.25) is 9.59 Å². The minimum atomic E-state index is -0.704. The highest BCUT2D eigenvalue weighted by molar-refractivity contribution is 7.20. The first-order valence-electron chi connectivity index (χ1n) is 8.80. The van der Waals surface area contributed by atoms with Crippen molar-refractivity contribution < 1.29 is 14.3 Å². The summed E-state index contributed by atoms with van der Waals surface area (Å²) in [6.07, 6.45) is 5.71. The fourth-order valence-electron chi connectivity index (χ4n) is 2.67. The zero-order chi connectivity index (χ0) is 20.3. The number of amides is 2. The molecule has 1 aromatic heterocycles. The molecule has 7 nitrogen and oxygen atoms in total. The van der Waals surface area contributed by atoms with Gasteiger partial charge in [0.1, 0.15) is 10.8 Å². The fraction of sp³-hybridized carbons (Fsp3) is 0.250. The lowest BCUT2D eigenvalue weighted by Crippen LogP contribution is -2.20. The molecule has 2 atom stereocenters. The molecular formula is C20H22N4O3S. The van der Waals surface area contributed by atoms with Crippen molar-refractivity contribution in [3.63, 3.8) is 0 Å². The number of anilines is 3. The van der Waals surface area contributed by atoms with E-state index in [-0.39, 0.29) is 17.5 Å². The second kappa shape index (κ2) is 8.26. The SMILES string of the molecule is COc1ccc(Nc2nc(C(N)=O)c(NC(=O)C3=CC(C)C(C)C=C3)s2)cc1. The molecule has 0 bridgehead atoms. The molecule has 2 unspecified atom stereocenters. The molecule has 0 saturated carbocycles. The van der Waals surface area contributed by atoms with Crippen LogP contribution in [0.4, 0.5) is 15.8 Å². The number of hydrogen-bond donors (Lipinski definition) is 3. The highest BCUT2D eigenvalue weighted by atomic mass is 32.1. The summed E-state index contributed by atoms with van der Waals surface area (Å²) in [6.45, 7) is 4.15. The molecule has 2 aromatic rings. The number of nitrogens with zero attached hydrogens (tertiary/aromatic N) is 1. The Balaban J connectivity index is 1.79. The number of primary amides is 1. The van der Waals surface area contributed by atoms with Crippen molar-refractivity contribution in [2.24, 2.45) is 17.6 Å². The molecule has 28 heavy (non-hydrogen) atoms. The first-order valence-corrected chi connectivity index (χ1v) is 9.62. The average molecular weight is 398 g/mol. The number of carbonyl (C=O) groups excluding carboxylic acids is 2. The predicted molar refractivity (Wildman–Crippen MR) is 111 cm³/mol. The third kappa shape index (κ3) is 4.40. The van der Waals surface area contributed by atoms with Gasteiger partial charge < -0.3 is 21.1 Å². The number of rotatable bonds is 6. The molecule has 0 spiro atoms. The van der Waals surface area contributed by atoms with Gasteiger partial charge in [0.2, 0.25) is 0 Å². The van der Waals surface area contributed by atoms with Crippen LogP contribution < -0.4 is 21.1 Å². The van der Waals surface area contributed by atoms with E-state index >= 15 is 0 Å². The molecule has 2 amide bonds. The molecule has 0 radical (unpaired) electrons. The van der Waals surface area contributed by atoms with Gasteiger partial charge in [0.25, 0.3) is 11.8 Å². The zero-order valence-electron chi connectivity index (χ0n) is 15.9. The van der Waals surface area contributed by atoms with E-state index in [0.717, 1.165) is 22.8 Å². The number of carbonyl (C=O) groups is 2. The molecular weight excluding hydrogens is 376 g/mol. The van der Waals surface area contributed by atoms with Crippen molar-refractivity contribution in [3.05, 3.63) is 53.8 Å². The normalized spacial score (nSPS) is 18.3. The van der Waals surface area contributed by atoms with E-state index in [2.05, 4.69) is 29.5 Å². The van der Waals surface area contributed by atoms with Crippen molar-refractivity contribution in [2.75, 3.05) is 17.7 Å². The Morgan fingerprint density at radius 2 is 1.89 bits per heavy atom. The molecule has 146 valence electrons. The minimum absolute atomic E-state index is 0.0242. The van der Waals surface area contributed by atoms with Crippen LogP contribution in [-0.2, 0) is 4.79 Å². The van der Waals surface area contributed by atoms with Crippen LogP contribution in [0.15, 0.2) is 48.1 Å². The number of allylic oxidation sites excluding steroid dienone is 2. The summed E-state index contributed by atoms with van der Waals surface area (Å²) in [5.41, 5.74) is 6.78. The third-order valence-corrected chi connectivity index (χ3v) is 5.43. The van der Waals surface area contributed by atoms with Crippen molar-refractivity contribution in [3.8, 4) is 5.75 Å². The quantitative estimate of drug-likeness (QED) is 0.688. The maximum Gasteiger partial charge on any atom is 0.270 e. The summed E-state index contributed by atoms with van der Waals surface area (Å²) < 4.78 is 5.13. The van der Waals surface area contributed by atoms with E-state index in [1.807, 2.05) is 24.3 Å². The Labute approximate surface area is 167 Å². The summed E-state index contributed by atoms with van der Waals surface area (Å²) in [6, 6.07) is 7.25. The van der Waals surface area contributed by atoms with Gasteiger partial charge in [0.15, 0.2) is 10.8 Å². The monoisotopic (exact) mass is 398 g/mol. The number of hydrogen-bond acceptors (Lipinski definition) is 6. The smallest absolute Gasteiger partial charge is 0.270 e. The van der Waals surface area contributed by atoms with Crippen LogP contribution >= 0.6 is 11.3 Å². The van der Waals surface area contributed by atoms with Gasteiger partial charge in [-0.2, -0.15) is 0 Å². The van der Waals surface area contributed by atoms with Crippen LogP contribution in [0, 0.1) is 11.8 Å². The van der Waals surface area contributed by atoms with Gasteiger partial charge in [-0.05, 0) is 36.1 Å². The van der Waals surface area contributed by atoms with Gasteiger partial charge in [-0.25, -0.2) is 4.98 Å². The summed E-state index contributed by atoms with van der Waals surface area (Å²) >= 11 is 1.15. The predicted octanol–water partition coefficient (Wildman–Crippen LogP) is 3.70. The topological polar surface area (TPSA) is 106 Å². The largest absolute Gasteiger partial charge is 0.497 e. The standard InChI is InChI=1S/C20H22N4O3S/c1-11-4-5-13(10-12(11)2)18(26)24-19-16(17(21)25)23-20(28-19)22-14-6-8-15(27-3)9-7-14/h4-12H,1-3H3,(H2,21,25)(H,22,23)(H,24,26). The van der Waals surface area contributed by atoms with E-state index in [1.54, 1.807) is 25.3 Å². The van der Waals surface area contributed by atoms with Crippen LogP contribution in [0.2, 0.25) is 0 Å². The van der Waals surface area contributed by atoms with Crippen molar-refractivity contribution in [1.29, 1.82) is 0 Å². The summed E-state index contributed by atoms with van der Waals surface area (Å²) in [5.74, 6) is 0.367. The highest BCUT2D eigenvalue weighted by Crippen LogP contribution is 2.32. The molecule has 0 aliphatic heterocycles. The number of methoxy groups -OCH3 is 1. The van der Waals surface area contributed by atoms with Crippen LogP contribution in [0.3, 0.4) is 0 Å². The lowest BCUT2D eigenvalue weighted by atomic mass is 9.88. The number of ether oxygens (including phenoxy) is 1. The number of nitrogens with one attached hydrogen (secondary N) is 2. The highest BCUT2D eigenvalue weighted by Gasteiger charge is 2.21. The van der Waals surface area contributed by atoms with Crippen LogP contribution in [0.1, 0.15) is 24.3 Å². The second-order valence-corrected chi connectivity index (χ2v) is 7.57. The van der Waals surface area contributed by atoms with Crippen LogP contribution in [0.25, 0.3) is 0 Å². The van der Waals surface area contributed by atoms with E-state index < -0.39 is 5.91 Å². The van der Waals surface area contributed by atoms with Gasteiger partial charge >= 0.3 is 0 Å². The molecule has 4 N–H and O–H groups in total. The van der Waals surface area contributed by atoms with E-state index in [9.17, 15) is 9.59 Å². The fourth-order valence-corrected chi connectivity index (χ4v) is 3.56. The second-order valence-electron chi connectivity index (χ2n) is 6.57. The van der Waals surface area contributed by atoms with Crippen LogP contribution in [0.5, 0.6) is 5.75 Å². The lowest BCUT2D eigenvalue weighted by molar-refractivity contribution is -0.112. The molecule has 3 rings (SSSR count). The molecule has 1 aliphatic carbocycles. The van der Waals surface area contributed by atoms with Crippen molar-refractivity contribution in [1.82, 2.24) is 4.98 Å². The minimum Gasteiger partial charge on any atom is -0.497 e. The molecule has 1 heterocycles. The third-order valence-electron chi connectivity index (χ3n) is 4.54. The van der Waals surface area contributed by atoms with Gasteiger partial charge in [0.05, 0.1) is 7.11 Å². The molecule has 8 heteroatoms. The Kier molecular flexibility index (Phi) is 5.79. The number of aromatic nitrogens is 1. The van der Waals surface area contributed by atoms with Crippen molar-refractivity contribution >= 4 is 39.0 Å². The number of benzene rings is 1. The molecule has 1 aromatic carbocycles. The number of nitrogens with two attached hydrogens (primary N) is 1. The number of thiazole rings is 1. The van der Waals surface area contributed by atoms with E-state index in [1.165, 1.54) is 0 Å². The van der Waals surface area contributed by atoms with Crippen molar-refractivity contribution in [2.45, 2.75) is 13.8 Å². The summed E-state index contributed by atoms with van der Waals surface area (Å²) in [7, 11) is 1.59. The molecule has 1 aliphatic rings. The van der Waals surface area contributed by atoms with Gasteiger partial charge in [-0.15, -0.1) is 0 Å². The van der Waals surface area contributed by atoms with Crippen LogP contribution in [-0.4, -0.2) is 23.9 Å².